The second-order valence-corrected chi connectivity index (χ2v) is 3.93. The molecule has 4 aromatic heterocycles. The summed E-state index contributed by atoms with van der Waals surface area (Å²) in [5.41, 5.74) is 0. The Labute approximate surface area is 121 Å². The number of hydrogen-bond acceptors (Lipinski definition) is 4. The fourth-order valence-corrected chi connectivity index (χ4v) is 1.34. The van der Waals surface area contributed by atoms with Crippen LogP contribution in [0.15, 0.2) is 89.2 Å². The number of aromatic nitrogens is 4. The van der Waals surface area contributed by atoms with Crippen LogP contribution in [0.25, 0.3) is 0 Å². The Kier molecular flexibility index (Phi) is 9.93. The second kappa shape index (κ2) is 12.8. The number of furan rings is 1. The lowest BCUT2D eigenvalue weighted by Gasteiger charge is -1.50. The van der Waals surface area contributed by atoms with E-state index in [-0.39, 0.29) is 0 Å². The van der Waals surface area contributed by atoms with Crippen LogP contribution < -0.4 is 0 Å². The summed E-state index contributed by atoms with van der Waals surface area (Å²) in [6.45, 7) is 0. The molecule has 6 heteroatoms. The van der Waals surface area contributed by atoms with Crippen molar-refractivity contribution in [3.63, 3.8) is 0 Å². The van der Waals surface area contributed by atoms with E-state index in [4.69, 9.17) is 0 Å². The van der Waals surface area contributed by atoms with E-state index in [9.17, 15) is 0 Å². The molecule has 0 aromatic carbocycles. The summed E-state index contributed by atoms with van der Waals surface area (Å²) in [5, 5.41) is 10.3. The summed E-state index contributed by atoms with van der Waals surface area (Å²) in [7, 11) is 0. The van der Waals surface area contributed by atoms with E-state index in [2.05, 4.69) is 24.6 Å². The Morgan fingerprint density at radius 3 is 1.85 bits per heavy atom. The van der Waals surface area contributed by atoms with Gasteiger partial charge in [0.05, 0.1) is 18.9 Å². The molecule has 0 atom stereocenters. The van der Waals surface area contributed by atoms with Gasteiger partial charge in [-0.2, -0.15) is 16.4 Å². The molecule has 2 N–H and O–H groups in total. The lowest BCUT2D eigenvalue weighted by atomic mass is 10.7. The number of nitrogens with zero attached hydrogens (tertiary/aromatic N) is 2. The van der Waals surface area contributed by atoms with Crippen LogP contribution >= 0.6 is 11.3 Å². The SMILES string of the molecule is c1c[nH]cn1.c1ccoc1.c1ccsc1.c1cn[nH]c1. The summed E-state index contributed by atoms with van der Waals surface area (Å²) in [6, 6.07) is 9.54. The van der Waals surface area contributed by atoms with Crippen molar-refractivity contribution in [1.29, 1.82) is 0 Å². The molecule has 0 saturated heterocycles. The van der Waals surface area contributed by atoms with E-state index in [1.165, 1.54) is 0 Å². The number of imidazole rings is 1. The first-order chi connectivity index (χ1) is 10.0. The number of rotatable bonds is 0. The minimum absolute atomic E-state index is 1.62. The summed E-state index contributed by atoms with van der Waals surface area (Å²) in [6.07, 6.45) is 11.8. The van der Waals surface area contributed by atoms with E-state index in [1.54, 1.807) is 55.0 Å². The molecule has 0 aliphatic heterocycles. The number of aromatic amines is 2. The highest BCUT2D eigenvalue weighted by atomic mass is 32.1. The molecule has 0 bridgehead atoms. The van der Waals surface area contributed by atoms with Crippen molar-refractivity contribution in [2.45, 2.75) is 0 Å². The number of H-pyrrole nitrogens is 2. The first kappa shape index (κ1) is 15.5. The first-order valence-electron chi connectivity index (χ1n) is 5.81. The fourth-order valence-electron chi connectivity index (χ4n) is 0.884. The number of hydrogen-bond donors (Lipinski definition) is 2. The smallest absolute Gasteiger partial charge is 0.0919 e. The van der Waals surface area contributed by atoms with E-state index < -0.39 is 0 Å². The summed E-state index contributed by atoms with van der Waals surface area (Å²) in [5.74, 6) is 0. The molecule has 5 nitrogen and oxygen atoms in total. The number of thiophene rings is 1. The van der Waals surface area contributed by atoms with E-state index in [0.717, 1.165) is 0 Å². The van der Waals surface area contributed by atoms with Crippen molar-refractivity contribution in [2.24, 2.45) is 0 Å². The number of nitrogens with one attached hydrogen (secondary N) is 2. The van der Waals surface area contributed by atoms with Crippen LogP contribution in [-0.2, 0) is 0 Å². The molecular weight excluding hydrogens is 272 g/mol. The second-order valence-electron chi connectivity index (χ2n) is 3.11. The molecule has 20 heavy (non-hydrogen) atoms. The van der Waals surface area contributed by atoms with Crippen molar-refractivity contribution in [1.82, 2.24) is 20.2 Å². The van der Waals surface area contributed by atoms with E-state index in [1.807, 2.05) is 41.1 Å². The van der Waals surface area contributed by atoms with Gasteiger partial charge in [-0.05, 0) is 29.0 Å². The molecule has 0 unspecified atom stereocenters. The third-order valence-corrected chi connectivity index (χ3v) is 2.29. The van der Waals surface area contributed by atoms with Gasteiger partial charge in [0.25, 0.3) is 0 Å². The van der Waals surface area contributed by atoms with Crippen LogP contribution in [0, 0.1) is 0 Å². The van der Waals surface area contributed by atoms with Crippen LogP contribution in [0.4, 0.5) is 0 Å². The largest absolute Gasteiger partial charge is 0.473 e. The average Bonchev–Trinajstić information content (AvgIpc) is 3.40. The van der Waals surface area contributed by atoms with Gasteiger partial charge in [0, 0.05) is 24.8 Å². The van der Waals surface area contributed by atoms with Crippen molar-refractivity contribution >= 4 is 11.3 Å². The Morgan fingerprint density at radius 2 is 1.65 bits per heavy atom. The zero-order valence-electron chi connectivity index (χ0n) is 10.8. The Balaban J connectivity index is 0.000000133. The third-order valence-electron chi connectivity index (χ3n) is 1.66. The molecule has 0 amide bonds. The molecule has 104 valence electrons. The predicted molar refractivity (Wildman–Crippen MR) is 80.2 cm³/mol. The highest BCUT2D eigenvalue weighted by molar-refractivity contribution is 7.07. The maximum atomic E-state index is 4.58. The fraction of sp³-hybridized carbons (Fsp3) is 0. The summed E-state index contributed by atoms with van der Waals surface area (Å²) < 4.78 is 4.58. The minimum Gasteiger partial charge on any atom is -0.473 e. The summed E-state index contributed by atoms with van der Waals surface area (Å²) >= 11 is 1.71. The Bertz CT molecular complexity index is 356. The molecule has 0 fully saturated rings. The van der Waals surface area contributed by atoms with Gasteiger partial charge in [-0.3, -0.25) is 5.10 Å². The van der Waals surface area contributed by atoms with Gasteiger partial charge in [0.2, 0.25) is 0 Å². The van der Waals surface area contributed by atoms with Gasteiger partial charge in [-0.15, -0.1) is 0 Å². The normalized spacial score (nSPS) is 8.00. The molecule has 0 aliphatic carbocycles. The van der Waals surface area contributed by atoms with Crippen LogP contribution in [0.1, 0.15) is 0 Å². The van der Waals surface area contributed by atoms with Crippen molar-refractivity contribution in [3.8, 4) is 0 Å². The van der Waals surface area contributed by atoms with E-state index >= 15 is 0 Å². The Morgan fingerprint density at radius 1 is 0.850 bits per heavy atom. The maximum Gasteiger partial charge on any atom is 0.0919 e. The van der Waals surface area contributed by atoms with Gasteiger partial charge < -0.3 is 9.40 Å². The van der Waals surface area contributed by atoms with Crippen LogP contribution in [0.5, 0.6) is 0 Å². The highest BCUT2D eigenvalue weighted by Crippen LogP contribution is 1.91. The van der Waals surface area contributed by atoms with Gasteiger partial charge in [0.1, 0.15) is 0 Å². The quantitative estimate of drug-likeness (QED) is 0.516. The zero-order valence-corrected chi connectivity index (χ0v) is 11.6. The average molecular weight is 288 g/mol. The topological polar surface area (TPSA) is 70.5 Å². The van der Waals surface area contributed by atoms with Gasteiger partial charge in [0.15, 0.2) is 0 Å². The van der Waals surface area contributed by atoms with Crippen LogP contribution in [0.3, 0.4) is 0 Å². The highest BCUT2D eigenvalue weighted by Gasteiger charge is 1.59. The zero-order chi connectivity index (χ0) is 14.1. The lowest BCUT2D eigenvalue weighted by molar-refractivity contribution is 0.567. The molecular formula is C14H16N4OS. The minimum atomic E-state index is 1.62. The van der Waals surface area contributed by atoms with Crippen molar-refractivity contribution in [3.05, 3.63) is 84.7 Å². The molecule has 0 saturated carbocycles. The third kappa shape index (κ3) is 10.5. The van der Waals surface area contributed by atoms with Crippen LogP contribution in [0.2, 0.25) is 0 Å². The van der Waals surface area contributed by atoms with E-state index in [0.29, 0.717) is 0 Å². The molecule has 4 heterocycles. The first-order valence-corrected chi connectivity index (χ1v) is 6.75. The van der Waals surface area contributed by atoms with Crippen LogP contribution in [-0.4, -0.2) is 20.2 Å². The molecule has 4 aromatic rings. The van der Waals surface area contributed by atoms with Crippen molar-refractivity contribution in [2.75, 3.05) is 0 Å². The monoisotopic (exact) mass is 288 g/mol. The standard InChI is InChI=1S/C4H4O.C4H4S.2C3H4N2/c2*1-2-4-5-3-1;1-2-5-3-4-1;1-2-4-5-3-1/h2*1-4H;2*1-3H,(H,4,5). The maximum absolute atomic E-state index is 4.58. The lowest BCUT2D eigenvalue weighted by Crippen LogP contribution is -1.53. The summed E-state index contributed by atoms with van der Waals surface area (Å²) in [4.78, 5) is 6.42. The molecule has 4 rings (SSSR count). The molecule has 0 spiro atoms. The predicted octanol–water partition coefficient (Wildman–Crippen LogP) is 3.85. The Hall–Kier alpha value is -2.60. The van der Waals surface area contributed by atoms with Crippen molar-refractivity contribution < 1.29 is 4.42 Å². The van der Waals surface area contributed by atoms with Gasteiger partial charge in [-0.1, -0.05) is 12.1 Å². The van der Waals surface area contributed by atoms with Gasteiger partial charge in [-0.25, -0.2) is 4.98 Å². The van der Waals surface area contributed by atoms with Gasteiger partial charge >= 0.3 is 0 Å². The molecule has 0 aliphatic rings. The molecule has 0 radical (unpaired) electrons.